The van der Waals surface area contributed by atoms with Crippen LogP contribution in [0.2, 0.25) is 0 Å². The van der Waals surface area contributed by atoms with E-state index in [1.54, 1.807) is 0 Å². The number of nitrogens with one attached hydrogen (secondary N) is 1. The fourth-order valence-electron chi connectivity index (χ4n) is 1.98. The first-order valence-corrected chi connectivity index (χ1v) is 6.96. The van der Waals surface area contributed by atoms with Crippen LogP contribution in [0.3, 0.4) is 0 Å². The van der Waals surface area contributed by atoms with E-state index in [4.69, 9.17) is 0 Å². The zero-order chi connectivity index (χ0) is 12.6. The number of rotatable bonds is 9. The number of hydrogen-bond acceptors (Lipinski definition) is 2. The molecule has 1 N–H and O–H groups in total. The molecule has 0 amide bonds. The predicted molar refractivity (Wildman–Crippen MR) is 73.9 cm³/mol. The van der Waals surface area contributed by atoms with Crippen LogP contribution in [0.5, 0.6) is 0 Å². The lowest BCUT2D eigenvalue weighted by Crippen LogP contribution is -2.44. The van der Waals surface area contributed by atoms with Crippen LogP contribution in [-0.4, -0.2) is 37.1 Å². The predicted octanol–water partition coefficient (Wildman–Crippen LogP) is 3.13. The first-order chi connectivity index (χ1) is 7.52. The van der Waals surface area contributed by atoms with Gasteiger partial charge in [-0.2, -0.15) is 0 Å². The molecule has 0 aliphatic carbocycles. The van der Waals surface area contributed by atoms with E-state index >= 15 is 0 Å². The summed E-state index contributed by atoms with van der Waals surface area (Å²) >= 11 is 0. The average molecular weight is 228 g/mol. The Morgan fingerprint density at radius 2 is 1.69 bits per heavy atom. The van der Waals surface area contributed by atoms with Gasteiger partial charge in [0.1, 0.15) is 0 Å². The van der Waals surface area contributed by atoms with Crippen molar-refractivity contribution in [3.05, 3.63) is 0 Å². The van der Waals surface area contributed by atoms with E-state index in [0.717, 1.165) is 12.5 Å². The van der Waals surface area contributed by atoms with E-state index < -0.39 is 0 Å². The maximum absolute atomic E-state index is 3.65. The normalized spacial score (nSPS) is 15.8. The second-order valence-corrected chi connectivity index (χ2v) is 5.36. The highest BCUT2D eigenvalue weighted by molar-refractivity contribution is 4.74. The molecule has 0 saturated carbocycles. The van der Waals surface area contributed by atoms with Crippen molar-refractivity contribution in [3.8, 4) is 0 Å². The lowest BCUT2D eigenvalue weighted by Gasteiger charge is -2.31. The molecule has 98 valence electrons. The standard InChI is InChI=1S/C14H32N2/c1-7-9-14(15-10-8-2)11-16(6)13(5)12(3)4/h12-15H,7-11H2,1-6H3. The first-order valence-electron chi connectivity index (χ1n) is 6.96. The minimum atomic E-state index is 0.663. The van der Waals surface area contributed by atoms with Gasteiger partial charge in [0.2, 0.25) is 0 Å². The van der Waals surface area contributed by atoms with Gasteiger partial charge in [0.25, 0.3) is 0 Å². The quantitative estimate of drug-likeness (QED) is 0.652. The Kier molecular flexibility index (Phi) is 8.96. The molecule has 0 saturated heterocycles. The van der Waals surface area contributed by atoms with Crippen molar-refractivity contribution in [1.82, 2.24) is 10.2 Å². The fourth-order valence-corrected chi connectivity index (χ4v) is 1.98. The topological polar surface area (TPSA) is 15.3 Å². The summed E-state index contributed by atoms with van der Waals surface area (Å²) in [7, 11) is 2.25. The number of likely N-dealkylation sites (N-methyl/N-ethyl adjacent to an activating group) is 1. The second-order valence-electron chi connectivity index (χ2n) is 5.36. The second kappa shape index (κ2) is 9.00. The van der Waals surface area contributed by atoms with Crippen LogP contribution in [0, 0.1) is 5.92 Å². The van der Waals surface area contributed by atoms with E-state index in [1.165, 1.54) is 25.8 Å². The first kappa shape index (κ1) is 15.9. The largest absolute Gasteiger partial charge is 0.313 e. The highest BCUT2D eigenvalue weighted by atomic mass is 15.2. The minimum absolute atomic E-state index is 0.663. The van der Waals surface area contributed by atoms with Crippen molar-refractivity contribution >= 4 is 0 Å². The summed E-state index contributed by atoms with van der Waals surface area (Å²) in [5.41, 5.74) is 0. The van der Waals surface area contributed by atoms with Crippen molar-refractivity contribution in [1.29, 1.82) is 0 Å². The Labute approximate surface area is 103 Å². The summed E-state index contributed by atoms with van der Waals surface area (Å²) in [6.07, 6.45) is 3.78. The van der Waals surface area contributed by atoms with Crippen LogP contribution in [0.4, 0.5) is 0 Å². The van der Waals surface area contributed by atoms with Gasteiger partial charge in [0.15, 0.2) is 0 Å². The Bertz CT molecular complexity index is 157. The minimum Gasteiger partial charge on any atom is -0.313 e. The third kappa shape index (κ3) is 6.49. The molecule has 0 radical (unpaired) electrons. The summed E-state index contributed by atoms with van der Waals surface area (Å²) < 4.78 is 0. The Morgan fingerprint density at radius 3 is 2.12 bits per heavy atom. The lowest BCUT2D eigenvalue weighted by atomic mass is 10.0. The van der Waals surface area contributed by atoms with Crippen LogP contribution >= 0.6 is 0 Å². The smallest absolute Gasteiger partial charge is 0.0194 e. The van der Waals surface area contributed by atoms with Crippen molar-refractivity contribution in [2.75, 3.05) is 20.1 Å². The van der Waals surface area contributed by atoms with E-state index in [9.17, 15) is 0 Å². The van der Waals surface area contributed by atoms with Gasteiger partial charge < -0.3 is 10.2 Å². The van der Waals surface area contributed by atoms with E-state index in [1.807, 2.05) is 0 Å². The van der Waals surface area contributed by atoms with Gasteiger partial charge in [0, 0.05) is 18.6 Å². The fraction of sp³-hybridized carbons (Fsp3) is 1.00. The van der Waals surface area contributed by atoms with Crippen molar-refractivity contribution in [3.63, 3.8) is 0 Å². The zero-order valence-electron chi connectivity index (χ0n) is 12.2. The van der Waals surface area contributed by atoms with E-state index in [2.05, 4.69) is 51.9 Å². The van der Waals surface area contributed by atoms with Crippen LogP contribution in [0.15, 0.2) is 0 Å². The summed E-state index contributed by atoms with van der Waals surface area (Å²) in [5, 5.41) is 3.65. The molecule has 2 atom stereocenters. The molecular formula is C14H32N2. The monoisotopic (exact) mass is 228 g/mol. The van der Waals surface area contributed by atoms with Gasteiger partial charge in [-0.15, -0.1) is 0 Å². The Morgan fingerprint density at radius 1 is 1.06 bits per heavy atom. The Hall–Kier alpha value is -0.0800. The molecule has 0 aliphatic rings. The molecule has 0 aromatic heterocycles. The number of nitrogens with zero attached hydrogens (tertiary/aromatic N) is 1. The van der Waals surface area contributed by atoms with Gasteiger partial charge in [-0.1, -0.05) is 34.1 Å². The maximum Gasteiger partial charge on any atom is 0.0194 e. The molecule has 0 aromatic carbocycles. The van der Waals surface area contributed by atoms with Crippen molar-refractivity contribution in [2.24, 2.45) is 5.92 Å². The zero-order valence-corrected chi connectivity index (χ0v) is 12.2. The molecule has 16 heavy (non-hydrogen) atoms. The lowest BCUT2D eigenvalue weighted by molar-refractivity contribution is 0.184. The highest BCUT2D eigenvalue weighted by Gasteiger charge is 2.16. The molecule has 2 heteroatoms. The highest BCUT2D eigenvalue weighted by Crippen LogP contribution is 2.09. The third-order valence-electron chi connectivity index (χ3n) is 3.49. The summed E-state index contributed by atoms with van der Waals surface area (Å²) in [6.45, 7) is 13.8. The molecular weight excluding hydrogens is 196 g/mol. The SMILES string of the molecule is CCCNC(CCC)CN(C)C(C)C(C)C. The molecule has 2 unspecified atom stereocenters. The molecule has 0 bridgehead atoms. The van der Waals surface area contributed by atoms with Gasteiger partial charge in [-0.25, -0.2) is 0 Å². The third-order valence-corrected chi connectivity index (χ3v) is 3.49. The molecule has 0 aromatic rings. The van der Waals surface area contributed by atoms with Crippen LogP contribution in [-0.2, 0) is 0 Å². The van der Waals surface area contributed by atoms with Gasteiger partial charge in [0.05, 0.1) is 0 Å². The summed E-state index contributed by atoms with van der Waals surface area (Å²) in [5.74, 6) is 0.735. The Balaban J connectivity index is 4.05. The molecule has 2 nitrogen and oxygen atoms in total. The van der Waals surface area contributed by atoms with Crippen LogP contribution in [0.1, 0.15) is 53.9 Å². The molecule has 0 spiro atoms. The van der Waals surface area contributed by atoms with Crippen molar-refractivity contribution in [2.45, 2.75) is 66.0 Å². The van der Waals surface area contributed by atoms with Crippen molar-refractivity contribution < 1.29 is 0 Å². The molecule has 0 fully saturated rings. The maximum atomic E-state index is 3.65. The average Bonchev–Trinajstić information content (AvgIpc) is 2.24. The van der Waals surface area contributed by atoms with Crippen LogP contribution in [0.25, 0.3) is 0 Å². The number of hydrogen-bond donors (Lipinski definition) is 1. The van der Waals surface area contributed by atoms with E-state index in [0.29, 0.717) is 12.1 Å². The van der Waals surface area contributed by atoms with Crippen LogP contribution < -0.4 is 5.32 Å². The van der Waals surface area contributed by atoms with Gasteiger partial charge >= 0.3 is 0 Å². The summed E-state index contributed by atoms with van der Waals surface area (Å²) in [6, 6.07) is 1.33. The summed E-state index contributed by atoms with van der Waals surface area (Å²) in [4.78, 5) is 2.49. The molecule has 0 aliphatic heterocycles. The molecule has 0 heterocycles. The van der Waals surface area contributed by atoms with E-state index in [-0.39, 0.29) is 0 Å². The van der Waals surface area contributed by atoms with Gasteiger partial charge in [-0.05, 0) is 39.3 Å². The molecule has 0 rings (SSSR count). The van der Waals surface area contributed by atoms with Gasteiger partial charge in [-0.3, -0.25) is 0 Å².